The summed E-state index contributed by atoms with van der Waals surface area (Å²) in [5.74, 6) is -0.399. The van der Waals surface area contributed by atoms with Gasteiger partial charge in [-0.3, -0.25) is 0 Å². The van der Waals surface area contributed by atoms with Gasteiger partial charge in [0.05, 0.1) is 16.6 Å². The normalized spacial score (nSPS) is 15.2. The Hall–Kier alpha value is -3.35. The highest BCUT2D eigenvalue weighted by atomic mass is 32.1. The molecule has 13 heteroatoms. The first-order valence-corrected chi connectivity index (χ1v) is 12.2. The van der Waals surface area contributed by atoms with Gasteiger partial charge in [0, 0.05) is 30.3 Å². The maximum absolute atomic E-state index is 13.4. The van der Waals surface area contributed by atoms with Crippen molar-refractivity contribution in [3.8, 4) is 10.7 Å². The van der Waals surface area contributed by atoms with Crippen LogP contribution in [-0.2, 0) is 22.3 Å². The number of piperidine rings is 1. The average Bonchev–Trinajstić information content (AvgIpc) is 3.47. The Kier molecular flexibility index (Phi) is 7.12. The average molecular weight is 522 g/mol. The molecule has 1 aliphatic rings. The fourth-order valence-corrected chi connectivity index (χ4v) is 4.85. The van der Waals surface area contributed by atoms with Gasteiger partial charge in [-0.25, -0.2) is 9.78 Å². The molecule has 0 radical (unpaired) electrons. The lowest BCUT2D eigenvalue weighted by atomic mass is 9.86. The summed E-state index contributed by atoms with van der Waals surface area (Å²) in [4.78, 5) is 20.3. The van der Waals surface area contributed by atoms with E-state index in [2.05, 4.69) is 20.4 Å². The fraction of sp³-hybridized carbons (Fsp3) is 0.478. The number of carbonyl (C=O) groups excluding carboxylic acids is 1. The van der Waals surface area contributed by atoms with E-state index in [9.17, 15) is 18.0 Å². The van der Waals surface area contributed by atoms with E-state index in [1.807, 2.05) is 4.90 Å². The molecule has 9 nitrogen and oxygen atoms in total. The third-order valence-corrected chi connectivity index (χ3v) is 6.61. The Balaban J connectivity index is 1.37. The molecule has 36 heavy (non-hydrogen) atoms. The van der Waals surface area contributed by atoms with Crippen LogP contribution in [0.25, 0.3) is 10.7 Å². The van der Waals surface area contributed by atoms with E-state index in [1.165, 1.54) is 34.3 Å². The molecular formula is C23H26F3N7O2S. The first-order valence-electron chi connectivity index (χ1n) is 11.4. The van der Waals surface area contributed by atoms with Gasteiger partial charge < -0.3 is 15.0 Å². The second kappa shape index (κ2) is 9.96. The SMILES string of the molecule is CC(C)(C)OC(=O)Cn1nnc(-c2cnc(N3CCC(C(=N)c4ccccc4C(F)(F)F)CC3)s2)n1. The number of hydrogen-bond donors (Lipinski definition) is 1. The Morgan fingerprint density at radius 1 is 1.19 bits per heavy atom. The van der Waals surface area contributed by atoms with Crippen LogP contribution in [0.3, 0.4) is 0 Å². The van der Waals surface area contributed by atoms with Crippen molar-refractivity contribution in [3.05, 3.63) is 41.6 Å². The number of anilines is 1. The van der Waals surface area contributed by atoms with E-state index < -0.39 is 23.3 Å². The van der Waals surface area contributed by atoms with Gasteiger partial charge in [-0.2, -0.15) is 18.0 Å². The van der Waals surface area contributed by atoms with Crippen LogP contribution in [0.1, 0.15) is 44.7 Å². The van der Waals surface area contributed by atoms with E-state index in [4.69, 9.17) is 10.1 Å². The molecule has 4 rings (SSSR count). The minimum Gasteiger partial charge on any atom is -0.459 e. The van der Waals surface area contributed by atoms with Gasteiger partial charge in [-0.15, -0.1) is 10.2 Å². The highest BCUT2D eigenvalue weighted by Gasteiger charge is 2.36. The highest BCUT2D eigenvalue weighted by molar-refractivity contribution is 7.18. The summed E-state index contributed by atoms with van der Waals surface area (Å²) < 4.78 is 45.4. The lowest BCUT2D eigenvalue weighted by molar-refractivity contribution is -0.156. The van der Waals surface area contributed by atoms with Crippen LogP contribution in [0.5, 0.6) is 0 Å². The van der Waals surface area contributed by atoms with Crippen LogP contribution < -0.4 is 4.90 Å². The monoisotopic (exact) mass is 521 g/mol. The number of rotatable bonds is 6. The summed E-state index contributed by atoms with van der Waals surface area (Å²) in [5, 5.41) is 21.3. The van der Waals surface area contributed by atoms with Crippen molar-refractivity contribution in [1.29, 1.82) is 5.41 Å². The third-order valence-electron chi connectivity index (χ3n) is 5.55. The molecule has 1 N–H and O–H groups in total. The van der Waals surface area contributed by atoms with E-state index in [0.29, 0.717) is 36.6 Å². The first-order chi connectivity index (χ1) is 16.9. The molecule has 0 spiro atoms. The molecule has 192 valence electrons. The van der Waals surface area contributed by atoms with Crippen molar-refractivity contribution in [2.24, 2.45) is 5.92 Å². The van der Waals surface area contributed by atoms with E-state index in [0.717, 1.165) is 11.2 Å². The second-order valence-corrected chi connectivity index (χ2v) is 10.5. The molecule has 0 bridgehead atoms. The standard InChI is InChI=1S/C23H26F3N7O2S/c1-22(2,3)35-18(34)13-33-30-20(29-31-33)17-12-28-21(36-17)32-10-8-14(9-11-32)19(27)15-6-4-5-7-16(15)23(24,25)26/h4-7,12,14,27H,8-11,13H2,1-3H3. The molecule has 1 aromatic carbocycles. The number of thiazole rings is 1. The second-order valence-electron chi connectivity index (χ2n) is 9.46. The molecule has 0 amide bonds. The predicted octanol–water partition coefficient (Wildman–Crippen LogP) is 4.44. The number of nitrogens with one attached hydrogen (secondary N) is 1. The Morgan fingerprint density at radius 3 is 2.56 bits per heavy atom. The molecule has 3 aromatic rings. The van der Waals surface area contributed by atoms with Crippen LogP contribution in [0.15, 0.2) is 30.5 Å². The number of hydrogen-bond acceptors (Lipinski definition) is 9. The molecule has 0 atom stereocenters. The smallest absolute Gasteiger partial charge is 0.417 e. The number of tetrazole rings is 1. The number of esters is 1. The zero-order valence-electron chi connectivity index (χ0n) is 20.0. The van der Waals surface area contributed by atoms with Crippen molar-refractivity contribution in [3.63, 3.8) is 0 Å². The first kappa shape index (κ1) is 25.7. The van der Waals surface area contributed by atoms with Crippen LogP contribution in [0.4, 0.5) is 18.3 Å². The summed E-state index contributed by atoms with van der Waals surface area (Å²) in [6.45, 7) is 6.29. The largest absolute Gasteiger partial charge is 0.459 e. The van der Waals surface area contributed by atoms with E-state index in [1.54, 1.807) is 27.0 Å². The van der Waals surface area contributed by atoms with Gasteiger partial charge >= 0.3 is 12.1 Å². The van der Waals surface area contributed by atoms with Gasteiger partial charge in [0.15, 0.2) is 11.7 Å². The summed E-state index contributed by atoms with van der Waals surface area (Å²) in [7, 11) is 0. The minimum absolute atomic E-state index is 0.0215. The van der Waals surface area contributed by atoms with Gasteiger partial charge in [-0.1, -0.05) is 29.5 Å². The molecule has 1 fully saturated rings. The van der Waals surface area contributed by atoms with Gasteiger partial charge in [0.2, 0.25) is 5.82 Å². The maximum atomic E-state index is 13.4. The predicted molar refractivity (Wildman–Crippen MR) is 128 cm³/mol. The van der Waals surface area contributed by atoms with Crippen LogP contribution >= 0.6 is 11.3 Å². The van der Waals surface area contributed by atoms with Gasteiger partial charge in [0.1, 0.15) is 5.60 Å². The van der Waals surface area contributed by atoms with E-state index >= 15 is 0 Å². The number of ether oxygens (including phenoxy) is 1. The number of nitrogens with zero attached hydrogens (tertiary/aromatic N) is 6. The van der Waals surface area contributed by atoms with Crippen molar-refractivity contribution < 1.29 is 22.7 Å². The Morgan fingerprint density at radius 2 is 1.89 bits per heavy atom. The summed E-state index contributed by atoms with van der Waals surface area (Å²) in [6.07, 6.45) is -1.78. The maximum Gasteiger partial charge on any atom is 0.417 e. The molecule has 0 aliphatic carbocycles. The van der Waals surface area contributed by atoms with Crippen molar-refractivity contribution in [2.75, 3.05) is 18.0 Å². The molecule has 0 unspecified atom stereocenters. The number of alkyl halides is 3. The molecule has 0 saturated carbocycles. The lowest BCUT2D eigenvalue weighted by Crippen LogP contribution is -2.36. The van der Waals surface area contributed by atoms with Crippen molar-refractivity contribution >= 4 is 28.1 Å². The molecule has 1 aliphatic heterocycles. The van der Waals surface area contributed by atoms with Crippen molar-refractivity contribution in [1.82, 2.24) is 25.2 Å². The summed E-state index contributed by atoms with van der Waals surface area (Å²) in [6, 6.07) is 5.26. The van der Waals surface area contributed by atoms with Crippen LogP contribution in [0, 0.1) is 11.3 Å². The number of aromatic nitrogens is 5. The fourth-order valence-electron chi connectivity index (χ4n) is 3.96. The van der Waals surface area contributed by atoms with Crippen LogP contribution in [-0.4, -0.2) is 55.6 Å². The zero-order valence-corrected chi connectivity index (χ0v) is 20.9. The lowest BCUT2D eigenvalue weighted by Gasteiger charge is -2.32. The summed E-state index contributed by atoms with van der Waals surface area (Å²) >= 11 is 1.36. The minimum atomic E-state index is -4.50. The number of benzene rings is 1. The quantitative estimate of drug-likeness (QED) is 0.377. The molecular weight excluding hydrogens is 495 g/mol. The molecule has 2 aromatic heterocycles. The van der Waals surface area contributed by atoms with Crippen LogP contribution in [0.2, 0.25) is 0 Å². The third kappa shape index (κ3) is 6.07. The van der Waals surface area contributed by atoms with E-state index in [-0.39, 0.29) is 23.7 Å². The topological polar surface area (TPSA) is 110 Å². The highest BCUT2D eigenvalue weighted by Crippen LogP contribution is 2.35. The summed E-state index contributed by atoms with van der Waals surface area (Å²) in [5.41, 5.74) is -1.41. The van der Waals surface area contributed by atoms with Gasteiger partial charge in [0.25, 0.3) is 0 Å². The van der Waals surface area contributed by atoms with Crippen molar-refractivity contribution in [2.45, 2.75) is 51.9 Å². The molecule has 3 heterocycles. The number of carbonyl (C=O) groups is 1. The number of halogens is 3. The van der Waals surface area contributed by atoms with Gasteiger partial charge in [-0.05, 0) is 44.9 Å². The molecule has 1 saturated heterocycles. The Bertz CT molecular complexity index is 1240. The Labute approximate surface area is 209 Å². The zero-order chi connectivity index (χ0) is 26.1.